The third kappa shape index (κ3) is 9.29. The molecular weight excluding hydrogens is 486 g/mol. The molecule has 0 fully saturated rings. The van der Waals surface area contributed by atoms with Crippen LogP contribution in [0.3, 0.4) is 0 Å². The Morgan fingerprint density at radius 2 is 1.93 bits per heavy atom. The van der Waals surface area contributed by atoms with Gasteiger partial charge in [-0.25, -0.2) is 9.38 Å². The van der Waals surface area contributed by atoms with Crippen LogP contribution in [0.15, 0.2) is 58.4 Å². The molecule has 29 heavy (non-hydrogen) atoms. The van der Waals surface area contributed by atoms with Crippen molar-refractivity contribution in [1.29, 1.82) is 0 Å². The molecule has 0 saturated heterocycles. The second-order valence-corrected chi connectivity index (χ2v) is 6.44. The number of halogens is 2. The van der Waals surface area contributed by atoms with Crippen LogP contribution in [0.1, 0.15) is 26.7 Å². The van der Waals surface area contributed by atoms with Gasteiger partial charge in [0.15, 0.2) is 17.5 Å². The molecule has 0 bridgehead atoms. The van der Waals surface area contributed by atoms with Crippen LogP contribution < -0.4 is 20.9 Å². The van der Waals surface area contributed by atoms with Crippen LogP contribution >= 0.6 is 24.0 Å². The number of aryl methyl sites for hydroxylation is 1. The summed E-state index contributed by atoms with van der Waals surface area (Å²) >= 11 is 0. The summed E-state index contributed by atoms with van der Waals surface area (Å²) in [6.45, 7) is 6.45. The molecule has 2 N–H and O–H groups in total. The van der Waals surface area contributed by atoms with Crippen molar-refractivity contribution in [2.24, 2.45) is 4.99 Å². The summed E-state index contributed by atoms with van der Waals surface area (Å²) in [4.78, 5) is 16.2. The van der Waals surface area contributed by atoms with E-state index in [2.05, 4.69) is 15.6 Å². The van der Waals surface area contributed by atoms with Gasteiger partial charge in [-0.05, 0) is 44.9 Å². The van der Waals surface area contributed by atoms with Crippen molar-refractivity contribution >= 4 is 29.9 Å². The van der Waals surface area contributed by atoms with Gasteiger partial charge < -0.3 is 19.9 Å². The number of aromatic nitrogens is 1. The third-order valence-corrected chi connectivity index (χ3v) is 4.03. The van der Waals surface area contributed by atoms with Crippen molar-refractivity contribution in [1.82, 2.24) is 15.2 Å². The minimum absolute atomic E-state index is 0. The highest BCUT2D eigenvalue weighted by Gasteiger charge is 2.08. The number of unbranched alkanes of at least 4 members (excludes halogenated alkanes) is 1. The quantitative estimate of drug-likeness (QED) is 0.220. The minimum Gasteiger partial charge on any atom is -0.486 e. The van der Waals surface area contributed by atoms with E-state index in [1.165, 1.54) is 6.07 Å². The first-order valence-corrected chi connectivity index (χ1v) is 9.69. The van der Waals surface area contributed by atoms with Gasteiger partial charge in [0, 0.05) is 31.9 Å². The van der Waals surface area contributed by atoms with Crippen molar-refractivity contribution in [3.63, 3.8) is 0 Å². The van der Waals surface area contributed by atoms with Gasteiger partial charge in [-0.15, -0.1) is 24.0 Å². The predicted octanol–water partition coefficient (Wildman–Crippen LogP) is 3.41. The van der Waals surface area contributed by atoms with Crippen molar-refractivity contribution in [3.05, 3.63) is 64.8 Å². The van der Waals surface area contributed by atoms with E-state index in [1.807, 2.05) is 19.9 Å². The highest BCUT2D eigenvalue weighted by Crippen LogP contribution is 2.16. The number of nitrogens with zero attached hydrogens (tertiary/aromatic N) is 2. The summed E-state index contributed by atoms with van der Waals surface area (Å²) in [6, 6.07) is 11.5. The average Bonchev–Trinajstić information content (AvgIpc) is 2.69. The summed E-state index contributed by atoms with van der Waals surface area (Å²) in [5.41, 5.74) is 0.0224. The maximum absolute atomic E-state index is 13.6. The van der Waals surface area contributed by atoms with Crippen LogP contribution in [0, 0.1) is 5.82 Å². The molecule has 0 spiro atoms. The number of aliphatic imine (C=N–C) groups is 1. The Labute approximate surface area is 188 Å². The molecule has 6 nitrogen and oxygen atoms in total. The van der Waals surface area contributed by atoms with Crippen molar-refractivity contribution in [2.75, 3.05) is 19.6 Å². The lowest BCUT2D eigenvalue weighted by atomic mass is 10.3. The van der Waals surface area contributed by atoms with Gasteiger partial charge in [-0.1, -0.05) is 18.2 Å². The van der Waals surface area contributed by atoms with Crippen molar-refractivity contribution in [2.45, 2.75) is 39.3 Å². The van der Waals surface area contributed by atoms with Crippen LogP contribution in [0.2, 0.25) is 0 Å². The number of pyridine rings is 1. The lowest BCUT2D eigenvalue weighted by Gasteiger charge is -2.15. The molecule has 0 radical (unpaired) electrons. The normalized spacial score (nSPS) is 12.0. The van der Waals surface area contributed by atoms with E-state index in [-0.39, 0.29) is 47.2 Å². The Morgan fingerprint density at radius 3 is 2.66 bits per heavy atom. The first-order valence-electron chi connectivity index (χ1n) is 9.69. The predicted molar refractivity (Wildman–Crippen MR) is 126 cm³/mol. The van der Waals surface area contributed by atoms with Crippen LogP contribution in [-0.4, -0.2) is 36.3 Å². The number of hydrogen-bond acceptors (Lipinski definition) is 3. The highest BCUT2D eigenvalue weighted by atomic mass is 127. The molecule has 1 atom stereocenters. The van der Waals surface area contributed by atoms with Crippen LogP contribution in [0.4, 0.5) is 4.39 Å². The standard InChI is InChI=1S/C21H29FN4O2.HI/c1-3-23-21(24-13-7-9-15-26-14-8-6-12-20(26)27)25-16-17(2)28-19-11-5-4-10-18(19)22;/h4-6,8,10-12,14,17H,3,7,9,13,15-16H2,1-2H3,(H2,23,24,25);1H. The summed E-state index contributed by atoms with van der Waals surface area (Å²) in [5.74, 6) is 0.559. The van der Waals surface area contributed by atoms with E-state index in [0.29, 0.717) is 19.0 Å². The number of benzene rings is 1. The fraction of sp³-hybridized carbons (Fsp3) is 0.429. The molecule has 1 heterocycles. The lowest BCUT2D eigenvalue weighted by molar-refractivity contribution is 0.220. The number of hydrogen-bond donors (Lipinski definition) is 2. The molecule has 1 aromatic carbocycles. The molecule has 0 amide bonds. The number of ether oxygens (including phenoxy) is 1. The molecule has 0 aliphatic carbocycles. The number of rotatable bonds is 10. The molecule has 160 valence electrons. The molecule has 8 heteroatoms. The van der Waals surface area contributed by atoms with Crippen molar-refractivity contribution < 1.29 is 9.13 Å². The highest BCUT2D eigenvalue weighted by molar-refractivity contribution is 14.0. The summed E-state index contributed by atoms with van der Waals surface area (Å²) < 4.78 is 21.0. The summed E-state index contributed by atoms with van der Waals surface area (Å²) in [5, 5.41) is 6.46. The Bertz CT molecular complexity index is 813. The van der Waals surface area contributed by atoms with Gasteiger partial charge in [-0.2, -0.15) is 0 Å². The van der Waals surface area contributed by atoms with E-state index < -0.39 is 0 Å². The topological polar surface area (TPSA) is 67.7 Å². The molecule has 0 aliphatic rings. The first kappa shape index (κ1) is 24.9. The molecule has 0 saturated carbocycles. The van der Waals surface area contributed by atoms with Gasteiger partial charge in [-0.3, -0.25) is 4.79 Å². The summed E-state index contributed by atoms with van der Waals surface area (Å²) in [7, 11) is 0. The second-order valence-electron chi connectivity index (χ2n) is 6.44. The fourth-order valence-electron chi connectivity index (χ4n) is 2.62. The third-order valence-electron chi connectivity index (χ3n) is 4.03. The first-order chi connectivity index (χ1) is 13.6. The molecule has 2 aromatic rings. The zero-order valence-corrected chi connectivity index (χ0v) is 19.3. The van der Waals surface area contributed by atoms with E-state index in [9.17, 15) is 9.18 Å². The van der Waals surface area contributed by atoms with Gasteiger partial charge in [0.25, 0.3) is 0 Å². The number of nitrogens with one attached hydrogen (secondary N) is 2. The SMILES string of the molecule is CCNC(=NCC(C)Oc1ccccc1F)NCCCCn1ccccc1=O.I. The largest absolute Gasteiger partial charge is 0.486 e. The maximum Gasteiger partial charge on any atom is 0.250 e. The molecule has 1 aromatic heterocycles. The smallest absolute Gasteiger partial charge is 0.250 e. The number of para-hydroxylation sites is 1. The number of guanidine groups is 1. The van der Waals surface area contributed by atoms with Crippen molar-refractivity contribution in [3.8, 4) is 5.75 Å². The molecule has 0 aliphatic heterocycles. The zero-order valence-electron chi connectivity index (χ0n) is 16.9. The molecular formula is C21H30FIN4O2. The zero-order chi connectivity index (χ0) is 20.2. The maximum atomic E-state index is 13.6. The van der Waals surface area contributed by atoms with E-state index in [4.69, 9.17) is 4.74 Å². The van der Waals surface area contributed by atoms with Gasteiger partial charge in [0.2, 0.25) is 5.56 Å². The van der Waals surface area contributed by atoms with E-state index in [0.717, 1.165) is 25.9 Å². The molecule has 2 rings (SSSR count). The lowest BCUT2D eigenvalue weighted by Crippen LogP contribution is -2.38. The molecule has 1 unspecified atom stereocenters. The monoisotopic (exact) mass is 516 g/mol. The van der Waals surface area contributed by atoms with Gasteiger partial charge in [0.05, 0.1) is 6.54 Å². The van der Waals surface area contributed by atoms with Crippen LogP contribution in [0.5, 0.6) is 5.75 Å². The summed E-state index contributed by atoms with van der Waals surface area (Å²) in [6.07, 6.45) is 3.35. The van der Waals surface area contributed by atoms with E-state index in [1.54, 1.807) is 41.1 Å². The Kier molecular flexibility index (Phi) is 12.0. The fourth-order valence-corrected chi connectivity index (χ4v) is 2.62. The minimum atomic E-state index is -0.374. The van der Waals surface area contributed by atoms with Crippen LogP contribution in [-0.2, 0) is 6.54 Å². The van der Waals surface area contributed by atoms with E-state index >= 15 is 0 Å². The van der Waals surface area contributed by atoms with Crippen LogP contribution in [0.25, 0.3) is 0 Å². The average molecular weight is 516 g/mol. The van der Waals surface area contributed by atoms with Gasteiger partial charge >= 0.3 is 0 Å². The second kappa shape index (κ2) is 14.0. The Morgan fingerprint density at radius 1 is 1.17 bits per heavy atom. The van der Waals surface area contributed by atoms with Gasteiger partial charge in [0.1, 0.15) is 6.10 Å². The Hall–Kier alpha value is -2.10. The Balaban J connectivity index is 0.00000420.